The van der Waals surface area contributed by atoms with E-state index in [1.807, 2.05) is 0 Å². The third kappa shape index (κ3) is 3.90. The Morgan fingerprint density at radius 2 is 1.93 bits per heavy atom. The molecule has 3 aromatic rings. The third-order valence-corrected chi connectivity index (χ3v) is 3.94. The number of aryl methyl sites for hydroxylation is 1. The van der Waals surface area contributed by atoms with Gasteiger partial charge >= 0.3 is 5.91 Å². The fourth-order valence-corrected chi connectivity index (χ4v) is 2.58. The predicted octanol–water partition coefficient (Wildman–Crippen LogP) is 3.79. The smallest absolute Gasteiger partial charge is 0.302 e. The summed E-state index contributed by atoms with van der Waals surface area (Å²) in [6.07, 6.45) is 0. The number of benzene rings is 2. The quantitative estimate of drug-likeness (QED) is 0.376. The molecule has 2 aromatic carbocycles. The highest BCUT2D eigenvalue weighted by Gasteiger charge is 2.17. The van der Waals surface area contributed by atoms with Crippen molar-refractivity contribution in [3.63, 3.8) is 0 Å². The van der Waals surface area contributed by atoms with Gasteiger partial charge < -0.3 is 19.6 Å². The highest BCUT2D eigenvalue weighted by atomic mass is 16.6. The van der Waals surface area contributed by atoms with Gasteiger partial charge in [0.2, 0.25) is 5.88 Å². The molecule has 0 unspecified atom stereocenters. The molecule has 0 spiro atoms. The SMILES string of the molecule is COc1ccc(OCC(=O)N=Nc2c(O)[nH]c3c(C)cc([N+](=O)[O-])cc23)cc1. The van der Waals surface area contributed by atoms with Gasteiger partial charge in [-0.3, -0.25) is 14.9 Å². The van der Waals surface area contributed by atoms with Crippen LogP contribution in [0.5, 0.6) is 17.4 Å². The first kappa shape index (κ1) is 18.8. The Kier molecular flexibility index (Phi) is 5.21. The number of hydrogen-bond acceptors (Lipinski definition) is 7. The van der Waals surface area contributed by atoms with E-state index >= 15 is 0 Å². The van der Waals surface area contributed by atoms with Crippen LogP contribution in [0.25, 0.3) is 10.9 Å². The van der Waals surface area contributed by atoms with Gasteiger partial charge in [0, 0.05) is 17.5 Å². The Balaban J connectivity index is 1.77. The second kappa shape index (κ2) is 7.74. The monoisotopic (exact) mass is 384 g/mol. The van der Waals surface area contributed by atoms with E-state index in [4.69, 9.17) is 9.47 Å². The number of hydrogen-bond donors (Lipinski definition) is 2. The minimum atomic E-state index is -0.688. The Bertz CT molecular complexity index is 1070. The van der Waals surface area contributed by atoms with Crippen molar-refractivity contribution < 1.29 is 24.3 Å². The maximum atomic E-state index is 11.9. The standard InChI is InChI=1S/C18H16N4O6/c1-10-7-11(22(25)26)8-14-16(10)19-18(24)17(14)21-20-15(23)9-28-13-5-3-12(27-2)4-6-13/h3-8,19,24H,9H2,1-2H3. The number of nitrogens with one attached hydrogen (secondary N) is 1. The summed E-state index contributed by atoms with van der Waals surface area (Å²) in [5.74, 6) is 0.0704. The molecule has 1 aromatic heterocycles. The van der Waals surface area contributed by atoms with Gasteiger partial charge in [-0.15, -0.1) is 10.2 Å². The second-order valence-electron chi connectivity index (χ2n) is 5.82. The lowest BCUT2D eigenvalue weighted by Gasteiger charge is -2.04. The largest absolute Gasteiger partial charge is 0.497 e. The number of aromatic hydroxyl groups is 1. The molecular formula is C18H16N4O6. The molecule has 28 heavy (non-hydrogen) atoms. The first-order chi connectivity index (χ1) is 13.4. The maximum Gasteiger partial charge on any atom is 0.302 e. The Hall–Kier alpha value is -3.95. The molecule has 0 fully saturated rings. The van der Waals surface area contributed by atoms with Crippen LogP contribution in [0.1, 0.15) is 5.56 Å². The highest BCUT2D eigenvalue weighted by molar-refractivity contribution is 5.97. The van der Waals surface area contributed by atoms with Crippen molar-refractivity contribution in [2.75, 3.05) is 13.7 Å². The number of nitro benzene ring substituents is 1. The minimum absolute atomic E-state index is 0.0559. The van der Waals surface area contributed by atoms with E-state index in [1.165, 1.54) is 19.2 Å². The van der Waals surface area contributed by atoms with Crippen LogP contribution in [-0.4, -0.2) is 34.6 Å². The summed E-state index contributed by atoms with van der Waals surface area (Å²) in [5, 5.41) is 28.6. The number of azo groups is 1. The molecule has 2 N–H and O–H groups in total. The summed E-state index contributed by atoms with van der Waals surface area (Å²) in [6.45, 7) is 1.29. The van der Waals surface area contributed by atoms with Crippen molar-refractivity contribution in [2.24, 2.45) is 10.2 Å². The number of methoxy groups -OCH3 is 1. The molecule has 3 rings (SSSR count). The molecule has 10 heteroatoms. The van der Waals surface area contributed by atoms with Gasteiger partial charge in [0.25, 0.3) is 5.69 Å². The molecule has 10 nitrogen and oxygen atoms in total. The van der Waals surface area contributed by atoms with E-state index in [2.05, 4.69) is 15.2 Å². The fraction of sp³-hybridized carbons (Fsp3) is 0.167. The number of non-ortho nitro benzene ring substituents is 1. The van der Waals surface area contributed by atoms with Crippen molar-refractivity contribution in [3.8, 4) is 17.4 Å². The second-order valence-corrected chi connectivity index (χ2v) is 5.82. The van der Waals surface area contributed by atoms with Gasteiger partial charge in [-0.2, -0.15) is 0 Å². The number of aromatic nitrogens is 1. The fourth-order valence-electron chi connectivity index (χ4n) is 2.58. The van der Waals surface area contributed by atoms with Crippen molar-refractivity contribution in [2.45, 2.75) is 6.92 Å². The Morgan fingerprint density at radius 3 is 2.57 bits per heavy atom. The number of carbonyl (C=O) groups is 1. The van der Waals surface area contributed by atoms with E-state index in [9.17, 15) is 20.0 Å². The van der Waals surface area contributed by atoms with E-state index < -0.39 is 10.8 Å². The van der Waals surface area contributed by atoms with Crippen LogP contribution in [-0.2, 0) is 4.79 Å². The number of ether oxygens (including phenoxy) is 2. The molecule has 0 radical (unpaired) electrons. The average molecular weight is 384 g/mol. The topological polar surface area (TPSA) is 139 Å². The molecule has 0 aliphatic rings. The third-order valence-electron chi connectivity index (χ3n) is 3.94. The summed E-state index contributed by atoms with van der Waals surface area (Å²) >= 11 is 0. The van der Waals surface area contributed by atoms with Gasteiger partial charge in [0.05, 0.1) is 17.5 Å². The van der Waals surface area contributed by atoms with Crippen molar-refractivity contribution in [1.82, 2.24) is 4.98 Å². The summed E-state index contributed by atoms with van der Waals surface area (Å²) in [5.41, 5.74) is 0.809. The van der Waals surface area contributed by atoms with Gasteiger partial charge in [-0.25, -0.2) is 0 Å². The highest BCUT2D eigenvalue weighted by Crippen LogP contribution is 2.38. The van der Waals surface area contributed by atoms with Crippen LogP contribution < -0.4 is 9.47 Å². The van der Waals surface area contributed by atoms with E-state index in [1.54, 1.807) is 31.2 Å². The zero-order chi connectivity index (χ0) is 20.3. The molecule has 0 aliphatic heterocycles. The number of H-pyrrole nitrogens is 1. The number of carbonyl (C=O) groups excluding carboxylic acids is 1. The van der Waals surface area contributed by atoms with Crippen LogP contribution in [0.4, 0.5) is 11.4 Å². The zero-order valence-electron chi connectivity index (χ0n) is 15.0. The van der Waals surface area contributed by atoms with E-state index in [0.717, 1.165) is 0 Å². The first-order valence-electron chi connectivity index (χ1n) is 8.10. The first-order valence-corrected chi connectivity index (χ1v) is 8.10. The molecule has 0 bridgehead atoms. The molecule has 0 saturated carbocycles. The van der Waals surface area contributed by atoms with Gasteiger partial charge in [-0.1, -0.05) is 0 Å². The van der Waals surface area contributed by atoms with Crippen LogP contribution >= 0.6 is 0 Å². The molecule has 0 aliphatic carbocycles. The van der Waals surface area contributed by atoms with E-state index in [-0.39, 0.29) is 29.2 Å². The summed E-state index contributed by atoms with van der Waals surface area (Å²) < 4.78 is 10.3. The average Bonchev–Trinajstić information content (AvgIpc) is 3.01. The molecule has 1 amide bonds. The lowest BCUT2D eigenvalue weighted by Crippen LogP contribution is -2.07. The number of nitrogens with zero attached hydrogens (tertiary/aromatic N) is 3. The van der Waals surface area contributed by atoms with Crippen molar-refractivity contribution in [1.29, 1.82) is 0 Å². The lowest BCUT2D eigenvalue weighted by molar-refractivity contribution is -0.384. The van der Waals surface area contributed by atoms with Crippen LogP contribution in [0.2, 0.25) is 0 Å². The van der Waals surface area contributed by atoms with Crippen molar-refractivity contribution >= 4 is 28.2 Å². The Morgan fingerprint density at radius 1 is 1.25 bits per heavy atom. The number of aromatic amines is 1. The van der Waals surface area contributed by atoms with Crippen LogP contribution in [0.15, 0.2) is 46.6 Å². The van der Waals surface area contributed by atoms with Gasteiger partial charge in [0.15, 0.2) is 12.3 Å². The summed E-state index contributed by atoms with van der Waals surface area (Å²) in [7, 11) is 1.54. The minimum Gasteiger partial charge on any atom is -0.497 e. The summed E-state index contributed by atoms with van der Waals surface area (Å²) in [4.78, 5) is 25.1. The van der Waals surface area contributed by atoms with Gasteiger partial charge in [-0.05, 0) is 36.8 Å². The number of amides is 1. The van der Waals surface area contributed by atoms with Crippen LogP contribution in [0, 0.1) is 17.0 Å². The molecular weight excluding hydrogens is 368 g/mol. The predicted molar refractivity (Wildman–Crippen MR) is 99.4 cm³/mol. The normalized spacial score (nSPS) is 11.1. The van der Waals surface area contributed by atoms with Gasteiger partial charge in [0.1, 0.15) is 11.5 Å². The zero-order valence-corrected chi connectivity index (χ0v) is 15.0. The summed E-state index contributed by atoms with van der Waals surface area (Å²) in [6, 6.07) is 9.26. The number of rotatable bonds is 6. The Labute approximate surface area is 158 Å². The number of nitro groups is 1. The maximum absolute atomic E-state index is 11.9. The van der Waals surface area contributed by atoms with E-state index in [0.29, 0.717) is 22.6 Å². The lowest BCUT2D eigenvalue weighted by atomic mass is 10.1. The molecule has 1 heterocycles. The molecule has 0 atom stereocenters. The van der Waals surface area contributed by atoms with Crippen molar-refractivity contribution in [3.05, 3.63) is 52.1 Å². The van der Waals surface area contributed by atoms with Crippen LogP contribution in [0.3, 0.4) is 0 Å². The molecule has 144 valence electrons. The molecule has 0 saturated heterocycles. The number of fused-ring (bicyclic) bond motifs is 1.